The number of aromatic nitrogens is 2. The molecule has 0 atom stereocenters. The minimum absolute atomic E-state index is 0.788. The molecule has 0 spiro atoms. The fraction of sp³-hybridized carbons (Fsp3) is 0.286. The van der Waals surface area contributed by atoms with Gasteiger partial charge in [0.15, 0.2) is 0 Å². The lowest BCUT2D eigenvalue weighted by atomic mass is 10.0. The third-order valence-corrected chi connectivity index (χ3v) is 5.54. The Kier molecular flexibility index (Phi) is 5.07. The second kappa shape index (κ2) is 7.64. The molecule has 1 aromatic heterocycles. The van der Waals surface area contributed by atoms with E-state index in [4.69, 9.17) is 14.6 Å². The molecule has 140 valence electrons. The summed E-state index contributed by atoms with van der Waals surface area (Å²) in [6.45, 7) is 0.942. The Hall–Kier alpha value is -2.47. The number of ether oxygens (including phenoxy) is 2. The highest BCUT2D eigenvalue weighted by Crippen LogP contribution is 2.40. The van der Waals surface area contributed by atoms with Crippen LogP contribution < -0.4 is 14.8 Å². The number of benzene rings is 2. The maximum absolute atomic E-state index is 5.63. The number of nitrogens with zero attached hydrogens (tertiary/aromatic N) is 2. The molecule has 0 fully saturated rings. The van der Waals surface area contributed by atoms with Gasteiger partial charge < -0.3 is 14.8 Å². The Morgan fingerprint density at radius 1 is 1.07 bits per heavy atom. The van der Waals surface area contributed by atoms with E-state index in [-0.39, 0.29) is 0 Å². The normalized spacial score (nSPS) is 13.4. The number of anilines is 1. The first-order chi connectivity index (χ1) is 13.2. The van der Waals surface area contributed by atoms with Crippen molar-refractivity contribution in [3.63, 3.8) is 0 Å². The van der Waals surface area contributed by atoms with E-state index in [0.717, 1.165) is 64.5 Å². The van der Waals surface area contributed by atoms with Crippen molar-refractivity contribution in [3.05, 3.63) is 52.5 Å². The summed E-state index contributed by atoms with van der Waals surface area (Å²) in [7, 11) is 3.36. The van der Waals surface area contributed by atoms with Crippen molar-refractivity contribution in [2.45, 2.75) is 19.3 Å². The Balaban J connectivity index is 1.96. The van der Waals surface area contributed by atoms with E-state index in [1.165, 1.54) is 5.56 Å². The van der Waals surface area contributed by atoms with Gasteiger partial charge in [-0.2, -0.15) is 5.10 Å². The van der Waals surface area contributed by atoms with Crippen LogP contribution in [0.5, 0.6) is 11.5 Å². The second-order valence-electron chi connectivity index (χ2n) is 6.49. The quantitative estimate of drug-likeness (QED) is 0.631. The average molecular weight is 428 g/mol. The van der Waals surface area contributed by atoms with Gasteiger partial charge in [0.25, 0.3) is 0 Å². The molecule has 5 nitrogen and oxygen atoms in total. The van der Waals surface area contributed by atoms with E-state index in [0.29, 0.717) is 0 Å². The lowest BCUT2D eigenvalue weighted by molar-refractivity contribution is 0.404. The van der Waals surface area contributed by atoms with Gasteiger partial charge in [-0.1, -0.05) is 12.1 Å². The molecule has 2 heterocycles. The van der Waals surface area contributed by atoms with Crippen LogP contribution >= 0.6 is 15.9 Å². The number of fused-ring (bicyclic) bond motifs is 1. The summed E-state index contributed by atoms with van der Waals surface area (Å²) in [4.78, 5) is 0. The van der Waals surface area contributed by atoms with Crippen LogP contribution in [0, 0.1) is 0 Å². The van der Waals surface area contributed by atoms with Gasteiger partial charge in [0.05, 0.1) is 19.9 Å². The van der Waals surface area contributed by atoms with E-state index in [1.54, 1.807) is 14.2 Å². The van der Waals surface area contributed by atoms with Crippen LogP contribution in [-0.2, 0) is 6.42 Å². The van der Waals surface area contributed by atoms with Crippen molar-refractivity contribution in [1.82, 2.24) is 9.78 Å². The maximum Gasteiger partial charge on any atom is 0.133 e. The summed E-state index contributed by atoms with van der Waals surface area (Å²) in [5, 5.41) is 8.59. The first-order valence-corrected chi connectivity index (χ1v) is 9.85. The number of nitrogens with one attached hydrogen (secondary N) is 1. The molecule has 4 rings (SSSR count). The number of para-hydroxylation sites is 1. The van der Waals surface area contributed by atoms with Gasteiger partial charge in [0, 0.05) is 22.1 Å². The Morgan fingerprint density at radius 2 is 1.93 bits per heavy atom. The van der Waals surface area contributed by atoms with E-state index in [9.17, 15) is 0 Å². The monoisotopic (exact) mass is 427 g/mol. The van der Waals surface area contributed by atoms with Gasteiger partial charge >= 0.3 is 0 Å². The fourth-order valence-electron chi connectivity index (χ4n) is 3.52. The molecular formula is C21H22BrN3O2. The lowest BCUT2D eigenvalue weighted by Gasteiger charge is -2.10. The van der Waals surface area contributed by atoms with Crippen molar-refractivity contribution in [2.24, 2.45) is 0 Å². The van der Waals surface area contributed by atoms with E-state index >= 15 is 0 Å². The number of rotatable bonds is 4. The third kappa shape index (κ3) is 3.30. The SMILES string of the molecule is COc1ccc(OC)c(-c2nn(-c3ccccc3Br)c3c2CCCCN3)c1. The Morgan fingerprint density at radius 3 is 2.70 bits per heavy atom. The fourth-order valence-corrected chi connectivity index (χ4v) is 3.97. The third-order valence-electron chi connectivity index (χ3n) is 4.87. The van der Waals surface area contributed by atoms with Gasteiger partial charge in [0.1, 0.15) is 23.0 Å². The van der Waals surface area contributed by atoms with Crippen LogP contribution in [0.2, 0.25) is 0 Å². The van der Waals surface area contributed by atoms with Gasteiger partial charge in [-0.05, 0) is 65.5 Å². The molecule has 1 aliphatic heterocycles. The number of hydrogen-bond acceptors (Lipinski definition) is 4. The summed E-state index contributed by atoms with van der Waals surface area (Å²) in [6, 6.07) is 14.0. The highest BCUT2D eigenvalue weighted by molar-refractivity contribution is 9.10. The standard InChI is InChI=1S/C21H22BrN3O2/c1-26-14-10-11-19(27-2)16(13-14)20-15-7-5-6-12-23-21(15)25(24-20)18-9-4-3-8-17(18)22/h3-4,8-11,13,23H,5-7,12H2,1-2H3. The minimum Gasteiger partial charge on any atom is -0.497 e. The van der Waals surface area contributed by atoms with Gasteiger partial charge in [-0.15, -0.1) is 0 Å². The second-order valence-corrected chi connectivity index (χ2v) is 7.34. The highest BCUT2D eigenvalue weighted by Gasteiger charge is 2.24. The molecule has 0 radical (unpaired) electrons. The molecule has 0 saturated carbocycles. The zero-order chi connectivity index (χ0) is 18.8. The summed E-state index contributed by atoms with van der Waals surface area (Å²) in [6.07, 6.45) is 3.24. The van der Waals surface area contributed by atoms with Crippen LogP contribution in [-0.4, -0.2) is 30.5 Å². The Bertz CT molecular complexity index is 968. The molecule has 27 heavy (non-hydrogen) atoms. The van der Waals surface area contributed by atoms with Gasteiger partial charge in [-0.25, -0.2) is 4.68 Å². The zero-order valence-electron chi connectivity index (χ0n) is 15.5. The molecule has 0 aliphatic carbocycles. The highest BCUT2D eigenvalue weighted by atomic mass is 79.9. The van der Waals surface area contributed by atoms with Crippen LogP contribution in [0.25, 0.3) is 16.9 Å². The molecule has 0 unspecified atom stereocenters. The zero-order valence-corrected chi connectivity index (χ0v) is 17.0. The van der Waals surface area contributed by atoms with Crippen molar-refractivity contribution in [3.8, 4) is 28.4 Å². The maximum atomic E-state index is 5.63. The summed E-state index contributed by atoms with van der Waals surface area (Å²) >= 11 is 3.66. The minimum atomic E-state index is 0.788. The molecule has 0 saturated heterocycles. The average Bonchev–Trinajstić information content (AvgIpc) is 2.88. The van der Waals surface area contributed by atoms with Crippen LogP contribution in [0.3, 0.4) is 0 Å². The molecule has 3 aromatic rings. The molecule has 0 bridgehead atoms. The lowest BCUT2D eigenvalue weighted by Crippen LogP contribution is -2.07. The van der Waals surface area contributed by atoms with Crippen LogP contribution in [0.4, 0.5) is 5.82 Å². The summed E-state index contributed by atoms with van der Waals surface area (Å²) in [5.41, 5.74) is 4.11. The molecule has 6 heteroatoms. The smallest absolute Gasteiger partial charge is 0.133 e. The van der Waals surface area contributed by atoms with Gasteiger partial charge in [0.2, 0.25) is 0 Å². The first-order valence-electron chi connectivity index (χ1n) is 9.06. The van der Waals surface area contributed by atoms with Crippen LogP contribution in [0.15, 0.2) is 46.9 Å². The molecule has 2 aromatic carbocycles. The molecule has 1 N–H and O–H groups in total. The predicted molar refractivity (Wildman–Crippen MR) is 111 cm³/mol. The molecule has 0 amide bonds. The van der Waals surface area contributed by atoms with E-state index < -0.39 is 0 Å². The summed E-state index contributed by atoms with van der Waals surface area (Å²) in [5.74, 6) is 2.63. The summed E-state index contributed by atoms with van der Waals surface area (Å²) < 4.78 is 14.1. The first kappa shape index (κ1) is 17.9. The predicted octanol–water partition coefficient (Wildman–Crippen LogP) is 5.07. The molecule has 1 aliphatic rings. The molecular weight excluding hydrogens is 406 g/mol. The van der Waals surface area contributed by atoms with E-state index in [2.05, 4.69) is 27.3 Å². The van der Waals surface area contributed by atoms with Crippen molar-refractivity contribution in [1.29, 1.82) is 0 Å². The van der Waals surface area contributed by atoms with Crippen molar-refractivity contribution < 1.29 is 9.47 Å². The topological polar surface area (TPSA) is 48.3 Å². The van der Waals surface area contributed by atoms with Gasteiger partial charge in [-0.3, -0.25) is 0 Å². The largest absolute Gasteiger partial charge is 0.497 e. The van der Waals surface area contributed by atoms with Crippen molar-refractivity contribution >= 4 is 21.7 Å². The van der Waals surface area contributed by atoms with Crippen molar-refractivity contribution in [2.75, 3.05) is 26.1 Å². The number of halogens is 1. The number of hydrogen-bond donors (Lipinski definition) is 1. The Labute approximate surface area is 167 Å². The number of methoxy groups -OCH3 is 2. The van der Waals surface area contributed by atoms with E-state index in [1.807, 2.05) is 41.1 Å². The van der Waals surface area contributed by atoms with Crippen LogP contribution in [0.1, 0.15) is 18.4 Å².